The lowest BCUT2D eigenvalue weighted by molar-refractivity contribution is -0.143. The molecule has 0 aromatic rings. The summed E-state index contributed by atoms with van der Waals surface area (Å²) in [5.41, 5.74) is 0. The fourth-order valence-corrected chi connectivity index (χ4v) is 1.74. The van der Waals surface area contributed by atoms with Gasteiger partial charge >= 0.3 is 0 Å². The van der Waals surface area contributed by atoms with Crippen molar-refractivity contribution in [2.24, 2.45) is 5.92 Å². The van der Waals surface area contributed by atoms with E-state index in [2.05, 4.69) is 0 Å². The Bertz CT molecular complexity index is 241. The minimum absolute atomic E-state index is 0.260. The van der Waals surface area contributed by atoms with Gasteiger partial charge in [0.15, 0.2) is 0 Å². The summed E-state index contributed by atoms with van der Waals surface area (Å²) in [6, 6.07) is 0. The standard InChI is InChI=1S/C9H11ClO3/c10-9(13)8(12)7(11)6-4-2-1-3-5-6/h6H,1-5H2. The van der Waals surface area contributed by atoms with Crippen molar-refractivity contribution < 1.29 is 14.4 Å². The summed E-state index contributed by atoms with van der Waals surface area (Å²) in [4.78, 5) is 32.6. The third-order valence-electron chi connectivity index (χ3n) is 2.38. The average molecular weight is 203 g/mol. The van der Waals surface area contributed by atoms with Crippen molar-refractivity contribution in [1.82, 2.24) is 0 Å². The first-order chi connectivity index (χ1) is 6.13. The fourth-order valence-electron chi connectivity index (χ4n) is 1.65. The summed E-state index contributed by atoms with van der Waals surface area (Å²) in [7, 11) is 0. The van der Waals surface area contributed by atoms with E-state index in [0.717, 1.165) is 32.1 Å². The zero-order valence-electron chi connectivity index (χ0n) is 7.22. The van der Waals surface area contributed by atoms with Crippen molar-refractivity contribution in [1.29, 1.82) is 0 Å². The van der Waals surface area contributed by atoms with Gasteiger partial charge in [-0.2, -0.15) is 0 Å². The molecule has 3 nitrogen and oxygen atoms in total. The first kappa shape index (κ1) is 10.4. The second kappa shape index (κ2) is 4.51. The highest BCUT2D eigenvalue weighted by atomic mass is 35.5. The molecule has 1 saturated carbocycles. The van der Waals surface area contributed by atoms with Crippen LogP contribution in [-0.4, -0.2) is 16.8 Å². The van der Waals surface area contributed by atoms with Gasteiger partial charge in [-0.3, -0.25) is 14.4 Å². The van der Waals surface area contributed by atoms with Crippen LogP contribution in [0, 0.1) is 5.92 Å². The van der Waals surface area contributed by atoms with Gasteiger partial charge in [-0.25, -0.2) is 0 Å². The van der Waals surface area contributed by atoms with Crippen LogP contribution in [0.15, 0.2) is 0 Å². The van der Waals surface area contributed by atoms with Crippen molar-refractivity contribution in [2.45, 2.75) is 32.1 Å². The predicted molar refractivity (Wildman–Crippen MR) is 47.4 cm³/mol. The van der Waals surface area contributed by atoms with Crippen LogP contribution in [0.3, 0.4) is 0 Å². The highest BCUT2D eigenvalue weighted by Gasteiger charge is 2.29. The van der Waals surface area contributed by atoms with Crippen LogP contribution in [0.25, 0.3) is 0 Å². The lowest BCUT2D eigenvalue weighted by Crippen LogP contribution is -2.29. The molecular formula is C9H11ClO3. The Morgan fingerprint density at radius 3 is 2.00 bits per heavy atom. The van der Waals surface area contributed by atoms with Gasteiger partial charge in [-0.05, 0) is 24.4 Å². The van der Waals surface area contributed by atoms with Crippen LogP contribution in [0.1, 0.15) is 32.1 Å². The molecule has 13 heavy (non-hydrogen) atoms. The first-order valence-electron chi connectivity index (χ1n) is 4.41. The van der Waals surface area contributed by atoms with Gasteiger partial charge in [0.05, 0.1) is 0 Å². The van der Waals surface area contributed by atoms with Crippen molar-refractivity contribution in [3.8, 4) is 0 Å². The molecule has 0 radical (unpaired) electrons. The Kier molecular flexibility index (Phi) is 3.60. The molecule has 0 amide bonds. The van der Waals surface area contributed by atoms with E-state index in [9.17, 15) is 14.4 Å². The number of halogens is 1. The maximum absolute atomic E-state index is 11.3. The third kappa shape index (κ3) is 2.62. The van der Waals surface area contributed by atoms with Gasteiger partial charge in [0, 0.05) is 5.92 Å². The van der Waals surface area contributed by atoms with Gasteiger partial charge in [-0.15, -0.1) is 0 Å². The highest BCUT2D eigenvalue weighted by Crippen LogP contribution is 2.24. The molecule has 0 aromatic heterocycles. The smallest absolute Gasteiger partial charge is 0.290 e. The molecule has 1 aliphatic rings. The van der Waals surface area contributed by atoms with Gasteiger partial charge in [0.1, 0.15) is 0 Å². The molecule has 0 unspecified atom stereocenters. The van der Waals surface area contributed by atoms with Gasteiger partial charge < -0.3 is 0 Å². The number of hydrogen-bond donors (Lipinski definition) is 0. The number of carbonyl (C=O) groups is 3. The SMILES string of the molecule is O=C(Cl)C(=O)C(=O)C1CCCCC1. The monoisotopic (exact) mass is 202 g/mol. The van der Waals surface area contributed by atoms with Crippen molar-refractivity contribution in [3.05, 3.63) is 0 Å². The molecule has 0 atom stereocenters. The molecule has 0 aromatic carbocycles. The molecular weight excluding hydrogens is 192 g/mol. The molecule has 0 aliphatic heterocycles. The molecule has 1 fully saturated rings. The molecule has 1 aliphatic carbocycles. The Balaban J connectivity index is 2.55. The Morgan fingerprint density at radius 1 is 1.00 bits per heavy atom. The van der Waals surface area contributed by atoms with E-state index in [0.29, 0.717) is 0 Å². The Labute approximate surface area is 81.4 Å². The number of ketones is 2. The summed E-state index contributed by atoms with van der Waals surface area (Å²) >= 11 is 4.93. The van der Waals surface area contributed by atoms with E-state index in [-0.39, 0.29) is 5.92 Å². The summed E-state index contributed by atoms with van der Waals surface area (Å²) in [6.07, 6.45) is 4.45. The molecule has 0 spiro atoms. The maximum Gasteiger partial charge on any atom is 0.296 e. The van der Waals surface area contributed by atoms with E-state index in [1.54, 1.807) is 0 Å². The van der Waals surface area contributed by atoms with Crippen LogP contribution in [0.4, 0.5) is 0 Å². The molecule has 0 bridgehead atoms. The second-order valence-corrected chi connectivity index (χ2v) is 3.65. The van der Waals surface area contributed by atoms with E-state index in [1.165, 1.54) is 0 Å². The first-order valence-corrected chi connectivity index (χ1v) is 4.78. The number of hydrogen-bond acceptors (Lipinski definition) is 3. The fraction of sp³-hybridized carbons (Fsp3) is 0.667. The van der Waals surface area contributed by atoms with E-state index in [1.807, 2.05) is 0 Å². The molecule has 0 heterocycles. The summed E-state index contributed by atoms with van der Waals surface area (Å²) in [6.45, 7) is 0. The van der Waals surface area contributed by atoms with Crippen LogP contribution in [0.2, 0.25) is 0 Å². The van der Waals surface area contributed by atoms with Crippen molar-refractivity contribution in [2.75, 3.05) is 0 Å². The highest BCUT2D eigenvalue weighted by molar-refractivity contribution is 6.90. The van der Waals surface area contributed by atoms with Gasteiger partial charge in [0.25, 0.3) is 11.0 Å². The van der Waals surface area contributed by atoms with Crippen LogP contribution in [-0.2, 0) is 14.4 Å². The van der Waals surface area contributed by atoms with Gasteiger partial charge in [-0.1, -0.05) is 19.3 Å². The largest absolute Gasteiger partial charge is 0.296 e. The van der Waals surface area contributed by atoms with Crippen molar-refractivity contribution >= 4 is 28.4 Å². The topological polar surface area (TPSA) is 51.2 Å². The van der Waals surface area contributed by atoms with E-state index >= 15 is 0 Å². The number of rotatable bonds is 3. The zero-order valence-corrected chi connectivity index (χ0v) is 7.97. The number of Topliss-reactive ketones (excluding diaryl/α,β-unsaturated/α-hetero) is 2. The minimum atomic E-state index is -1.16. The number of carbonyl (C=O) groups excluding carboxylic acids is 3. The summed E-state index contributed by atoms with van der Waals surface area (Å²) < 4.78 is 0. The van der Waals surface area contributed by atoms with Crippen LogP contribution < -0.4 is 0 Å². The summed E-state index contributed by atoms with van der Waals surface area (Å²) in [5.74, 6) is -1.91. The summed E-state index contributed by atoms with van der Waals surface area (Å²) in [5, 5.41) is -1.16. The molecule has 1 rings (SSSR count). The minimum Gasteiger partial charge on any atom is -0.290 e. The molecule has 0 saturated heterocycles. The second-order valence-electron chi connectivity index (χ2n) is 3.30. The Hall–Kier alpha value is -0.700. The van der Waals surface area contributed by atoms with E-state index < -0.39 is 16.8 Å². The zero-order chi connectivity index (χ0) is 9.84. The van der Waals surface area contributed by atoms with Crippen LogP contribution in [0.5, 0.6) is 0 Å². The third-order valence-corrected chi connectivity index (χ3v) is 2.55. The van der Waals surface area contributed by atoms with Crippen molar-refractivity contribution in [3.63, 3.8) is 0 Å². The van der Waals surface area contributed by atoms with E-state index in [4.69, 9.17) is 11.6 Å². The predicted octanol–water partition coefficient (Wildman–Crippen LogP) is 1.47. The Morgan fingerprint density at radius 2 is 1.54 bits per heavy atom. The average Bonchev–Trinajstić information content (AvgIpc) is 2.17. The van der Waals surface area contributed by atoms with Crippen LogP contribution >= 0.6 is 11.6 Å². The quantitative estimate of drug-likeness (QED) is 0.396. The molecule has 4 heteroatoms. The van der Waals surface area contributed by atoms with Gasteiger partial charge in [0.2, 0.25) is 5.78 Å². The normalized spacial score (nSPS) is 18.2. The maximum atomic E-state index is 11.3. The lowest BCUT2D eigenvalue weighted by Gasteiger charge is -2.18. The lowest BCUT2D eigenvalue weighted by atomic mass is 9.85. The molecule has 0 N–H and O–H groups in total. The molecule has 72 valence electrons.